The van der Waals surface area contributed by atoms with Crippen LogP contribution in [0, 0.1) is 5.92 Å². The number of hydrogen-bond acceptors (Lipinski definition) is 3. The molecule has 1 saturated carbocycles. The minimum Gasteiger partial charge on any atom is -0.354 e. The van der Waals surface area contributed by atoms with Gasteiger partial charge in [0.05, 0.1) is 0 Å². The molecule has 0 aromatic carbocycles. The second kappa shape index (κ2) is 3.51. The summed E-state index contributed by atoms with van der Waals surface area (Å²) in [5.41, 5.74) is 0. The molecule has 1 unspecified atom stereocenters. The van der Waals surface area contributed by atoms with Crippen molar-refractivity contribution in [2.24, 2.45) is 5.92 Å². The van der Waals surface area contributed by atoms with E-state index >= 15 is 0 Å². The van der Waals surface area contributed by atoms with Gasteiger partial charge in [0, 0.05) is 19.0 Å². The summed E-state index contributed by atoms with van der Waals surface area (Å²) in [4.78, 5) is 0. The molecule has 4 heteroatoms. The van der Waals surface area contributed by atoms with Crippen LogP contribution in [-0.2, 0) is 6.54 Å². The van der Waals surface area contributed by atoms with Crippen molar-refractivity contribution < 1.29 is 0 Å². The van der Waals surface area contributed by atoms with Gasteiger partial charge >= 0.3 is 0 Å². The summed E-state index contributed by atoms with van der Waals surface area (Å²) in [7, 11) is 0. The van der Waals surface area contributed by atoms with Gasteiger partial charge in [0.2, 0.25) is 5.95 Å². The van der Waals surface area contributed by atoms with E-state index in [9.17, 15) is 0 Å². The fourth-order valence-corrected chi connectivity index (χ4v) is 2.75. The number of anilines is 1. The van der Waals surface area contributed by atoms with Crippen molar-refractivity contribution in [2.45, 2.75) is 45.1 Å². The lowest BCUT2D eigenvalue weighted by Crippen LogP contribution is -2.26. The van der Waals surface area contributed by atoms with Crippen LogP contribution in [0.25, 0.3) is 0 Å². The minimum atomic E-state index is 0.665. The molecule has 3 rings (SSSR count). The quantitative estimate of drug-likeness (QED) is 0.764. The van der Waals surface area contributed by atoms with Gasteiger partial charge in [-0.2, -0.15) is 0 Å². The fourth-order valence-electron chi connectivity index (χ4n) is 2.75. The molecule has 0 saturated heterocycles. The third kappa shape index (κ3) is 1.52. The van der Waals surface area contributed by atoms with Crippen LogP contribution in [0.4, 0.5) is 5.95 Å². The molecule has 2 heterocycles. The Labute approximate surface area is 90.1 Å². The lowest BCUT2D eigenvalue weighted by molar-refractivity contribution is 0.452. The Hall–Kier alpha value is -1.06. The highest BCUT2D eigenvalue weighted by Crippen LogP contribution is 2.34. The Bertz CT molecular complexity index is 351. The summed E-state index contributed by atoms with van der Waals surface area (Å²) in [6.07, 6.45) is 5.31. The van der Waals surface area contributed by atoms with Gasteiger partial charge in [-0.15, -0.1) is 10.2 Å². The van der Waals surface area contributed by atoms with Crippen LogP contribution in [-0.4, -0.2) is 21.3 Å². The average molecular weight is 206 g/mol. The Balaban J connectivity index is 1.92. The van der Waals surface area contributed by atoms with E-state index in [0.717, 1.165) is 19.0 Å². The maximum atomic E-state index is 4.36. The van der Waals surface area contributed by atoms with Gasteiger partial charge in [0.15, 0.2) is 0 Å². The number of rotatable bonds is 1. The first-order chi connectivity index (χ1) is 7.34. The highest BCUT2D eigenvalue weighted by atomic mass is 15.4. The molecule has 1 N–H and O–H groups in total. The summed E-state index contributed by atoms with van der Waals surface area (Å²) < 4.78 is 2.30. The highest BCUT2D eigenvalue weighted by Gasteiger charge is 2.26. The Morgan fingerprint density at radius 1 is 1.27 bits per heavy atom. The molecule has 1 aliphatic heterocycles. The van der Waals surface area contributed by atoms with E-state index in [2.05, 4.69) is 27.0 Å². The van der Waals surface area contributed by atoms with Crippen LogP contribution >= 0.6 is 0 Å². The van der Waals surface area contributed by atoms with Gasteiger partial charge in [-0.25, -0.2) is 0 Å². The molecule has 0 spiro atoms. The van der Waals surface area contributed by atoms with E-state index in [4.69, 9.17) is 0 Å². The normalized spacial score (nSPS) is 26.3. The smallest absolute Gasteiger partial charge is 0.224 e. The average Bonchev–Trinajstić information content (AvgIpc) is 2.83. The molecule has 1 aromatic rings. The Morgan fingerprint density at radius 2 is 2.07 bits per heavy atom. The second-order valence-electron chi connectivity index (χ2n) is 4.96. The molecule has 0 amide bonds. The number of aromatic nitrogens is 3. The first-order valence-electron chi connectivity index (χ1n) is 6.01. The largest absolute Gasteiger partial charge is 0.354 e. The number of nitrogens with zero attached hydrogens (tertiary/aromatic N) is 3. The van der Waals surface area contributed by atoms with E-state index in [0.29, 0.717) is 11.8 Å². The molecule has 82 valence electrons. The third-order valence-electron chi connectivity index (χ3n) is 3.60. The molecule has 0 radical (unpaired) electrons. The summed E-state index contributed by atoms with van der Waals surface area (Å²) in [5, 5.41) is 11.9. The standard InChI is InChI=1S/C11H18N4/c1-8-6-12-11-14-13-10(15(11)7-8)9-4-2-3-5-9/h8-9H,2-7H2,1H3,(H,12,14). The van der Waals surface area contributed by atoms with Gasteiger partial charge in [-0.1, -0.05) is 19.8 Å². The van der Waals surface area contributed by atoms with Crippen molar-refractivity contribution in [3.63, 3.8) is 0 Å². The van der Waals surface area contributed by atoms with Crippen LogP contribution in [0.15, 0.2) is 0 Å². The van der Waals surface area contributed by atoms with Crippen molar-refractivity contribution in [1.82, 2.24) is 14.8 Å². The summed E-state index contributed by atoms with van der Waals surface area (Å²) in [6, 6.07) is 0. The minimum absolute atomic E-state index is 0.665. The fraction of sp³-hybridized carbons (Fsp3) is 0.818. The molecule has 1 aliphatic carbocycles. The predicted molar refractivity (Wildman–Crippen MR) is 58.9 cm³/mol. The zero-order chi connectivity index (χ0) is 10.3. The van der Waals surface area contributed by atoms with Gasteiger partial charge in [0.1, 0.15) is 5.82 Å². The molecule has 1 atom stereocenters. The van der Waals surface area contributed by atoms with Gasteiger partial charge in [-0.05, 0) is 18.8 Å². The third-order valence-corrected chi connectivity index (χ3v) is 3.60. The molecule has 15 heavy (non-hydrogen) atoms. The van der Waals surface area contributed by atoms with E-state index < -0.39 is 0 Å². The van der Waals surface area contributed by atoms with E-state index in [-0.39, 0.29) is 0 Å². The van der Waals surface area contributed by atoms with Crippen LogP contribution in [0.2, 0.25) is 0 Å². The SMILES string of the molecule is CC1CNc2nnc(C3CCCC3)n2C1. The lowest BCUT2D eigenvalue weighted by Gasteiger charge is -2.23. The van der Waals surface area contributed by atoms with E-state index in [1.54, 1.807) is 0 Å². The first-order valence-corrected chi connectivity index (χ1v) is 6.01. The number of hydrogen-bond donors (Lipinski definition) is 1. The molecule has 2 aliphatic rings. The van der Waals surface area contributed by atoms with Gasteiger partial charge in [-0.3, -0.25) is 4.57 Å². The molecule has 1 fully saturated rings. The monoisotopic (exact) mass is 206 g/mol. The molecule has 4 nitrogen and oxygen atoms in total. The first kappa shape index (κ1) is 9.19. The molecular weight excluding hydrogens is 188 g/mol. The van der Waals surface area contributed by atoms with Gasteiger partial charge in [0.25, 0.3) is 0 Å². The zero-order valence-corrected chi connectivity index (χ0v) is 9.24. The van der Waals surface area contributed by atoms with E-state index in [1.165, 1.54) is 31.5 Å². The Kier molecular flexibility index (Phi) is 2.15. The maximum absolute atomic E-state index is 4.36. The van der Waals surface area contributed by atoms with Crippen molar-refractivity contribution in [3.05, 3.63) is 5.82 Å². The topological polar surface area (TPSA) is 42.7 Å². The highest BCUT2D eigenvalue weighted by molar-refractivity contribution is 5.29. The van der Waals surface area contributed by atoms with Gasteiger partial charge < -0.3 is 5.32 Å². The number of nitrogens with one attached hydrogen (secondary N) is 1. The summed E-state index contributed by atoms with van der Waals surface area (Å²) in [5.74, 6) is 3.56. The number of fused-ring (bicyclic) bond motifs is 1. The zero-order valence-electron chi connectivity index (χ0n) is 9.24. The molecule has 1 aromatic heterocycles. The summed E-state index contributed by atoms with van der Waals surface area (Å²) >= 11 is 0. The molecular formula is C11H18N4. The second-order valence-corrected chi connectivity index (χ2v) is 4.96. The van der Waals surface area contributed by atoms with Crippen molar-refractivity contribution >= 4 is 5.95 Å². The summed E-state index contributed by atoms with van der Waals surface area (Å²) in [6.45, 7) is 4.39. The van der Waals surface area contributed by atoms with E-state index in [1.807, 2.05) is 0 Å². The maximum Gasteiger partial charge on any atom is 0.224 e. The van der Waals surface area contributed by atoms with Crippen molar-refractivity contribution in [1.29, 1.82) is 0 Å². The lowest BCUT2D eigenvalue weighted by atomic mass is 10.1. The Morgan fingerprint density at radius 3 is 2.87 bits per heavy atom. The van der Waals surface area contributed by atoms with Crippen LogP contribution in [0.3, 0.4) is 0 Å². The molecule has 0 bridgehead atoms. The van der Waals surface area contributed by atoms with Crippen LogP contribution < -0.4 is 5.32 Å². The van der Waals surface area contributed by atoms with Crippen molar-refractivity contribution in [2.75, 3.05) is 11.9 Å². The predicted octanol–water partition coefficient (Wildman–Crippen LogP) is 2.00. The van der Waals surface area contributed by atoms with Crippen LogP contribution in [0.5, 0.6) is 0 Å². The van der Waals surface area contributed by atoms with Crippen LogP contribution in [0.1, 0.15) is 44.3 Å². The van der Waals surface area contributed by atoms with Crippen molar-refractivity contribution in [3.8, 4) is 0 Å².